The summed E-state index contributed by atoms with van der Waals surface area (Å²) in [6.45, 7) is 10.8. The maximum Gasteiger partial charge on any atom is 0.323 e. The Labute approximate surface area is 320 Å². The van der Waals surface area contributed by atoms with Crippen LogP contribution in [0.2, 0.25) is 0 Å². The summed E-state index contributed by atoms with van der Waals surface area (Å²) in [5.74, 6) is 4.08. The van der Waals surface area contributed by atoms with Gasteiger partial charge in [-0.05, 0) is 65.6 Å². The zero-order valence-electron chi connectivity index (χ0n) is 30.9. The van der Waals surface area contributed by atoms with Gasteiger partial charge in [0.1, 0.15) is 17.3 Å². The molecular formula is C42H45N7O4S. The van der Waals surface area contributed by atoms with E-state index in [1.807, 2.05) is 54.8 Å². The molecule has 0 saturated carbocycles. The van der Waals surface area contributed by atoms with Crippen LogP contribution in [0.15, 0.2) is 91.1 Å². The van der Waals surface area contributed by atoms with Crippen molar-refractivity contribution >= 4 is 63.2 Å². The van der Waals surface area contributed by atoms with Crippen LogP contribution in [0.5, 0.6) is 11.5 Å². The first kappa shape index (κ1) is 38.0. The van der Waals surface area contributed by atoms with Crippen LogP contribution in [-0.2, 0) is 10.2 Å². The lowest BCUT2D eigenvalue weighted by molar-refractivity contribution is 0.0383. The lowest BCUT2D eigenvalue weighted by atomic mass is 9.86. The maximum absolute atomic E-state index is 13.3. The fourth-order valence-electron chi connectivity index (χ4n) is 6.05. The van der Waals surface area contributed by atoms with Crippen LogP contribution in [0.4, 0.5) is 33.4 Å². The molecule has 54 heavy (non-hydrogen) atoms. The van der Waals surface area contributed by atoms with Crippen molar-refractivity contribution < 1.29 is 19.1 Å². The minimum absolute atomic E-state index is 0.0986. The highest BCUT2D eigenvalue weighted by Gasteiger charge is 2.18. The van der Waals surface area contributed by atoms with Crippen molar-refractivity contribution in [2.24, 2.45) is 0 Å². The van der Waals surface area contributed by atoms with Crippen LogP contribution in [0.1, 0.15) is 42.3 Å². The van der Waals surface area contributed by atoms with E-state index in [4.69, 9.17) is 15.9 Å². The van der Waals surface area contributed by atoms with Gasteiger partial charge in [-0.15, -0.1) is 6.42 Å². The van der Waals surface area contributed by atoms with Crippen LogP contribution in [0.25, 0.3) is 10.8 Å². The number of amides is 3. The molecule has 1 aliphatic rings. The van der Waals surface area contributed by atoms with Gasteiger partial charge in [0.25, 0.3) is 5.91 Å². The van der Waals surface area contributed by atoms with Gasteiger partial charge < -0.3 is 35.5 Å². The Morgan fingerprint density at radius 3 is 2.46 bits per heavy atom. The molecule has 11 nitrogen and oxygen atoms in total. The molecule has 1 saturated heterocycles. The number of pyridine rings is 1. The largest absolute Gasteiger partial charge is 0.457 e. The van der Waals surface area contributed by atoms with Crippen molar-refractivity contribution in [1.29, 1.82) is 0 Å². The number of fused-ring (bicyclic) bond motifs is 1. The third-order valence-corrected chi connectivity index (χ3v) is 9.26. The molecule has 0 aliphatic carbocycles. The molecule has 6 rings (SSSR count). The van der Waals surface area contributed by atoms with Crippen LogP contribution in [0, 0.1) is 12.3 Å². The molecule has 5 N–H and O–H groups in total. The number of urea groups is 1. The maximum atomic E-state index is 13.3. The summed E-state index contributed by atoms with van der Waals surface area (Å²) in [7, 11) is 0. The van der Waals surface area contributed by atoms with Crippen LogP contribution in [0.3, 0.4) is 0 Å². The Bertz CT molecular complexity index is 2170. The second-order valence-electron chi connectivity index (χ2n) is 13.8. The van der Waals surface area contributed by atoms with Gasteiger partial charge in [0.2, 0.25) is 0 Å². The van der Waals surface area contributed by atoms with Gasteiger partial charge in [-0.1, -0.05) is 62.9 Å². The molecule has 278 valence electrons. The van der Waals surface area contributed by atoms with Crippen molar-refractivity contribution in [3.8, 4) is 23.8 Å². The summed E-state index contributed by atoms with van der Waals surface area (Å²) >= 11 is 1.50. The summed E-state index contributed by atoms with van der Waals surface area (Å²) in [4.78, 5) is 33.1. The van der Waals surface area contributed by atoms with Crippen molar-refractivity contribution in [3.63, 3.8) is 0 Å². The molecule has 1 aromatic heterocycles. The molecule has 2 heterocycles. The first-order valence-corrected chi connectivity index (χ1v) is 19.0. The average molecular weight is 744 g/mol. The average Bonchev–Trinajstić information content (AvgIpc) is 3.16. The molecule has 0 atom stereocenters. The molecule has 5 aromatic rings. The lowest BCUT2D eigenvalue weighted by Crippen LogP contribution is -2.41. The van der Waals surface area contributed by atoms with Gasteiger partial charge in [0.15, 0.2) is 0 Å². The molecule has 4 aromatic carbocycles. The van der Waals surface area contributed by atoms with E-state index >= 15 is 0 Å². The number of nitrogens with zero attached hydrogens (tertiary/aromatic N) is 2. The Hall–Kier alpha value is -5.74. The topological polar surface area (TPSA) is 129 Å². The van der Waals surface area contributed by atoms with Crippen molar-refractivity contribution in [1.82, 2.24) is 15.2 Å². The van der Waals surface area contributed by atoms with Gasteiger partial charge in [-0.2, -0.15) is 0 Å². The summed E-state index contributed by atoms with van der Waals surface area (Å²) in [5.41, 5.74) is 4.87. The standard InChI is InChI=1S/C42H45N7O4S/c1-6-28-21-29(40(50)44-15-16-49-17-19-52-20-18-49)23-31(22-28)45-39-27-34(13-14-43-39)53-38-12-11-37(35-9-7-8-10-36(35)38)47-41(51)46-32-24-30(42(2,3)4)25-33(26-32)48-54-5/h1,7-14,21-27,48H,15-20H2,2-5H3,(H,43,45)(H,44,50)(H2,46,47,51). The smallest absolute Gasteiger partial charge is 0.323 e. The first-order chi connectivity index (χ1) is 26.1. The van der Waals surface area contributed by atoms with E-state index in [9.17, 15) is 9.59 Å². The molecule has 1 fully saturated rings. The zero-order valence-corrected chi connectivity index (χ0v) is 31.7. The molecule has 0 bridgehead atoms. The number of benzene rings is 4. The lowest BCUT2D eigenvalue weighted by Gasteiger charge is -2.26. The van der Waals surface area contributed by atoms with E-state index in [0.29, 0.717) is 65.3 Å². The van der Waals surface area contributed by atoms with Crippen molar-refractivity contribution in [3.05, 3.63) is 108 Å². The number of ether oxygens (including phenoxy) is 2. The van der Waals surface area contributed by atoms with Gasteiger partial charge >= 0.3 is 6.03 Å². The number of anilines is 5. The van der Waals surface area contributed by atoms with Gasteiger partial charge in [-0.25, -0.2) is 9.78 Å². The normalized spacial score (nSPS) is 13.1. The van der Waals surface area contributed by atoms with Crippen LogP contribution in [-0.4, -0.2) is 67.5 Å². The third kappa shape index (κ3) is 10.0. The Morgan fingerprint density at radius 2 is 1.70 bits per heavy atom. The third-order valence-electron chi connectivity index (χ3n) is 8.82. The molecule has 1 aliphatic heterocycles. The highest BCUT2D eigenvalue weighted by atomic mass is 32.2. The monoisotopic (exact) mass is 743 g/mol. The molecule has 0 radical (unpaired) electrons. The summed E-state index contributed by atoms with van der Waals surface area (Å²) in [5, 5.41) is 13.9. The fraction of sp³-hybridized carbons (Fsp3) is 0.262. The molecule has 0 unspecified atom stereocenters. The molecule has 0 spiro atoms. The number of rotatable bonds is 12. The highest BCUT2D eigenvalue weighted by molar-refractivity contribution is 7.99. The minimum Gasteiger partial charge on any atom is -0.457 e. The van der Waals surface area contributed by atoms with E-state index in [2.05, 4.69) is 68.6 Å². The van der Waals surface area contributed by atoms with E-state index in [-0.39, 0.29) is 17.4 Å². The summed E-state index contributed by atoms with van der Waals surface area (Å²) in [6.07, 6.45) is 9.34. The quantitative estimate of drug-likeness (QED) is 0.0632. The van der Waals surface area contributed by atoms with E-state index in [1.54, 1.807) is 36.5 Å². The number of terminal acetylenes is 1. The van der Waals surface area contributed by atoms with Crippen LogP contribution < -0.4 is 30.7 Å². The van der Waals surface area contributed by atoms with Gasteiger partial charge in [0, 0.05) is 83.7 Å². The Balaban J connectivity index is 1.14. The molecule has 3 amide bonds. The zero-order chi connectivity index (χ0) is 38.1. The predicted octanol–water partition coefficient (Wildman–Crippen LogP) is 8.45. The number of aromatic nitrogens is 1. The minimum atomic E-state index is -0.359. The number of carbonyl (C=O) groups is 2. The number of hydrogen-bond donors (Lipinski definition) is 5. The Kier molecular flexibility index (Phi) is 12.2. The van der Waals surface area contributed by atoms with E-state index < -0.39 is 0 Å². The van der Waals surface area contributed by atoms with E-state index in [1.165, 1.54) is 11.9 Å². The first-order valence-electron chi connectivity index (χ1n) is 17.7. The second-order valence-corrected chi connectivity index (χ2v) is 14.5. The predicted molar refractivity (Wildman–Crippen MR) is 220 cm³/mol. The van der Waals surface area contributed by atoms with Gasteiger partial charge in [0.05, 0.1) is 18.9 Å². The van der Waals surface area contributed by atoms with Crippen molar-refractivity contribution in [2.45, 2.75) is 26.2 Å². The summed E-state index contributed by atoms with van der Waals surface area (Å²) < 4.78 is 15.1. The highest BCUT2D eigenvalue weighted by Crippen LogP contribution is 2.36. The van der Waals surface area contributed by atoms with Gasteiger partial charge in [-0.3, -0.25) is 9.69 Å². The number of morpholine rings is 1. The molecular weight excluding hydrogens is 699 g/mol. The van der Waals surface area contributed by atoms with Crippen molar-refractivity contribution in [2.75, 3.05) is 66.3 Å². The number of carbonyl (C=O) groups excluding carboxylic acids is 2. The molecule has 12 heteroatoms. The van der Waals surface area contributed by atoms with Crippen LogP contribution >= 0.6 is 11.9 Å². The Morgan fingerprint density at radius 1 is 0.926 bits per heavy atom. The SMILES string of the molecule is C#Cc1cc(Nc2cc(Oc3ccc(NC(=O)Nc4cc(NSC)cc(C(C)(C)C)c4)c4ccccc34)ccn2)cc(C(=O)NCCN2CCOCC2)c1. The number of nitrogens with one attached hydrogen (secondary N) is 5. The van der Waals surface area contributed by atoms with E-state index in [0.717, 1.165) is 41.7 Å². The summed E-state index contributed by atoms with van der Waals surface area (Å²) in [6, 6.07) is 25.8. The second kappa shape index (κ2) is 17.4. The fourth-order valence-corrected chi connectivity index (χ4v) is 6.40. The number of hydrogen-bond acceptors (Lipinski definition) is 9.